The van der Waals surface area contributed by atoms with Gasteiger partial charge < -0.3 is 14.9 Å². The Hall–Kier alpha value is -1.26. The third-order valence-corrected chi connectivity index (χ3v) is 3.92. The van der Waals surface area contributed by atoms with Gasteiger partial charge in [0.2, 0.25) is 0 Å². The molecule has 104 valence electrons. The summed E-state index contributed by atoms with van der Waals surface area (Å²) in [5.74, 6) is -0.890. The number of rotatable bonds is 3. The Morgan fingerprint density at radius 2 is 2.06 bits per heavy atom. The van der Waals surface area contributed by atoms with Crippen molar-refractivity contribution in [3.05, 3.63) is 0 Å². The van der Waals surface area contributed by atoms with E-state index in [2.05, 4.69) is 13.8 Å². The van der Waals surface area contributed by atoms with Crippen LogP contribution in [0.5, 0.6) is 0 Å². The summed E-state index contributed by atoms with van der Waals surface area (Å²) in [4.78, 5) is 26.5. The van der Waals surface area contributed by atoms with Crippen molar-refractivity contribution in [3.8, 4) is 0 Å². The Morgan fingerprint density at radius 3 is 2.61 bits per heavy atom. The van der Waals surface area contributed by atoms with Crippen LogP contribution in [0.3, 0.4) is 0 Å². The second-order valence-corrected chi connectivity index (χ2v) is 5.46. The van der Waals surface area contributed by atoms with Gasteiger partial charge in [0.1, 0.15) is 0 Å². The smallest absolute Gasteiger partial charge is 0.320 e. The first-order chi connectivity index (χ1) is 8.34. The van der Waals surface area contributed by atoms with Crippen LogP contribution >= 0.6 is 0 Å². The first-order valence-electron chi connectivity index (χ1n) is 6.59. The molecule has 1 rings (SSSR count). The molecule has 1 saturated heterocycles. The minimum Gasteiger partial charge on any atom is -0.481 e. The Kier molecular flexibility index (Phi) is 4.99. The van der Waals surface area contributed by atoms with Gasteiger partial charge in [0.05, 0.1) is 5.92 Å². The number of aliphatic carboxylic acids is 1. The molecule has 18 heavy (non-hydrogen) atoms. The van der Waals surface area contributed by atoms with Crippen molar-refractivity contribution < 1.29 is 14.7 Å². The van der Waals surface area contributed by atoms with E-state index in [9.17, 15) is 9.59 Å². The maximum atomic E-state index is 12.3. The molecule has 3 atom stereocenters. The van der Waals surface area contributed by atoms with Gasteiger partial charge in [0.15, 0.2) is 0 Å². The first-order valence-corrected chi connectivity index (χ1v) is 6.59. The van der Waals surface area contributed by atoms with Crippen LogP contribution in [0.2, 0.25) is 0 Å². The molecule has 0 aliphatic carbocycles. The lowest BCUT2D eigenvalue weighted by molar-refractivity contribution is -0.141. The lowest BCUT2D eigenvalue weighted by Crippen LogP contribution is -2.51. The highest BCUT2D eigenvalue weighted by molar-refractivity contribution is 5.76. The van der Waals surface area contributed by atoms with Crippen LogP contribution in [0.1, 0.15) is 33.6 Å². The molecule has 2 amide bonds. The van der Waals surface area contributed by atoms with Gasteiger partial charge in [-0.05, 0) is 25.7 Å². The van der Waals surface area contributed by atoms with Crippen LogP contribution in [0.15, 0.2) is 0 Å². The Balaban J connectivity index is 2.60. The van der Waals surface area contributed by atoms with E-state index in [1.165, 1.54) is 4.90 Å². The van der Waals surface area contributed by atoms with Crippen LogP contribution in [-0.2, 0) is 4.79 Å². The maximum absolute atomic E-state index is 12.3. The molecular weight excluding hydrogens is 232 g/mol. The predicted octanol–water partition coefficient (Wildman–Crippen LogP) is 1.88. The van der Waals surface area contributed by atoms with Gasteiger partial charge in [0.25, 0.3) is 0 Å². The van der Waals surface area contributed by atoms with E-state index in [4.69, 9.17) is 5.11 Å². The Labute approximate surface area is 109 Å². The number of hydrogen-bond donors (Lipinski definition) is 1. The second kappa shape index (κ2) is 6.07. The number of piperidine rings is 1. The average Bonchev–Trinajstić information content (AvgIpc) is 2.31. The fourth-order valence-electron chi connectivity index (χ4n) is 2.39. The van der Waals surface area contributed by atoms with Gasteiger partial charge in [0, 0.05) is 26.2 Å². The summed E-state index contributed by atoms with van der Waals surface area (Å²) < 4.78 is 0. The van der Waals surface area contributed by atoms with Gasteiger partial charge in [-0.25, -0.2) is 4.79 Å². The highest BCUT2D eigenvalue weighted by atomic mass is 16.4. The van der Waals surface area contributed by atoms with Crippen molar-refractivity contribution in [2.75, 3.05) is 20.1 Å². The van der Waals surface area contributed by atoms with E-state index in [-0.39, 0.29) is 18.6 Å². The molecule has 0 bridgehead atoms. The topological polar surface area (TPSA) is 60.9 Å². The summed E-state index contributed by atoms with van der Waals surface area (Å²) in [7, 11) is 1.67. The molecule has 5 nitrogen and oxygen atoms in total. The van der Waals surface area contributed by atoms with E-state index in [0.29, 0.717) is 5.92 Å². The minimum absolute atomic E-state index is 0.0536. The molecule has 1 aliphatic heterocycles. The summed E-state index contributed by atoms with van der Waals surface area (Å²) >= 11 is 0. The summed E-state index contributed by atoms with van der Waals surface area (Å²) in [6.07, 6.45) is 2.18. The molecule has 5 heteroatoms. The summed E-state index contributed by atoms with van der Waals surface area (Å²) in [5.41, 5.74) is 0. The van der Waals surface area contributed by atoms with Crippen molar-refractivity contribution >= 4 is 12.0 Å². The summed E-state index contributed by atoms with van der Waals surface area (Å²) in [5, 5.41) is 8.87. The van der Waals surface area contributed by atoms with Crippen molar-refractivity contribution in [1.82, 2.24) is 9.80 Å². The molecule has 0 aromatic carbocycles. The zero-order valence-electron chi connectivity index (χ0n) is 11.7. The maximum Gasteiger partial charge on any atom is 0.320 e. The van der Waals surface area contributed by atoms with E-state index < -0.39 is 11.9 Å². The molecule has 0 saturated carbocycles. The van der Waals surface area contributed by atoms with Crippen molar-refractivity contribution in [2.24, 2.45) is 11.8 Å². The molecular formula is C13H24N2O3. The molecule has 1 fully saturated rings. The lowest BCUT2D eigenvalue weighted by atomic mass is 9.92. The minimum atomic E-state index is -0.866. The fraction of sp³-hybridized carbons (Fsp3) is 0.846. The van der Waals surface area contributed by atoms with Crippen LogP contribution in [0.4, 0.5) is 4.79 Å². The van der Waals surface area contributed by atoms with Crippen LogP contribution in [0, 0.1) is 11.8 Å². The molecule has 1 N–H and O–H groups in total. The molecule has 0 aromatic rings. The summed E-state index contributed by atoms with van der Waals surface area (Å²) in [6, 6.07) is 0.177. The largest absolute Gasteiger partial charge is 0.481 e. The molecule has 0 spiro atoms. The summed E-state index contributed by atoms with van der Waals surface area (Å²) in [6.45, 7) is 6.87. The number of carboxylic acids is 1. The predicted molar refractivity (Wildman–Crippen MR) is 69.4 cm³/mol. The van der Waals surface area contributed by atoms with E-state index >= 15 is 0 Å². The Morgan fingerprint density at radius 1 is 1.44 bits per heavy atom. The van der Waals surface area contributed by atoms with E-state index in [1.807, 2.05) is 4.90 Å². The zero-order valence-corrected chi connectivity index (χ0v) is 11.7. The van der Waals surface area contributed by atoms with Gasteiger partial charge in [-0.1, -0.05) is 13.8 Å². The number of carbonyl (C=O) groups excluding carboxylic acids is 1. The molecule has 1 heterocycles. The second-order valence-electron chi connectivity index (χ2n) is 5.46. The number of amides is 2. The highest BCUT2D eigenvalue weighted by Gasteiger charge is 2.30. The van der Waals surface area contributed by atoms with Crippen LogP contribution < -0.4 is 0 Å². The third kappa shape index (κ3) is 3.37. The first kappa shape index (κ1) is 14.8. The van der Waals surface area contributed by atoms with Crippen molar-refractivity contribution in [1.29, 1.82) is 0 Å². The normalized spacial score (nSPS) is 25.7. The van der Waals surface area contributed by atoms with E-state index in [0.717, 1.165) is 19.4 Å². The van der Waals surface area contributed by atoms with Gasteiger partial charge in [-0.2, -0.15) is 0 Å². The average molecular weight is 256 g/mol. The fourth-order valence-corrected chi connectivity index (χ4v) is 2.39. The van der Waals surface area contributed by atoms with Crippen molar-refractivity contribution in [3.63, 3.8) is 0 Å². The SMILES string of the molecule is CC(CN(C)C(=O)N1CCCC(C)C1C)C(=O)O. The molecule has 0 aromatic heterocycles. The number of urea groups is 1. The van der Waals surface area contributed by atoms with E-state index in [1.54, 1.807) is 14.0 Å². The molecule has 1 aliphatic rings. The van der Waals surface area contributed by atoms with Crippen molar-refractivity contribution in [2.45, 2.75) is 39.7 Å². The number of likely N-dealkylation sites (tertiary alicyclic amines) is 1. The number of nitrogens with zero attached hydrogens (tertiary/aromatic N) is 2. The zero-order chi connectivity index (χ0) is 13.9. The standard InChI is InChI=1S/C13H24N2O3/c1-9-6-5-7-15(11(9)3)13(18)14(4)8-10(2)12(16)17/h9-11H,5-8H2,1-4H3,(H,16,17). The molecule has 0 radical (unpaired) electrons. The number of carboxylic acid groups (broad SMARTS) is 1. The van der Waals surface area contributed by atoms with Gasteiger partial charge in [-0.3, -0.25) is 4.79 Å². The Bertz CT molecular complexity index is 319. The monoisotopic (exact) mass is 256 g/mol. The number of hydrogen-bond acceptors (Lipinski definition) is 2. The van der Waals surface area contributed by atoms with Crippen LogP contribution in [-0.4, -0.2) is 53.1 Å². The lowest BCUT2D eigenvalue weighted by Gasteiger charge is -2.40. The quantitative estimate of drug-likeness (QED) is 0.838. The van der Waals surface area contributed by atoms with Crippen LogP contribution in [0.25, 0.3) is 0 Å². The number of carbonyl (C=O) groups is 2. The van der Waals surface area contributed by atoms with Gasteiger partial charge >= 0.3 is 12.0 Å². The molecule has 3 unspecified atom stereocenters. The van der Waals surface area contributed by atoms with Gasteiger partial charge in [-0.15, -0.1) is 0 Å². The highest BCUT2D eigenvalue weighted by Crippen LogP contribution is 2.23. The third-order valence-electron chi connectivity index (χ3n) is 3.92.